The largest absolute Gasteiger partial charge is 0.370 e. The van der Waals surface area contributed by atoms with Crippen molar-refractivity contribution in [3.63, 3.8) is 0 Å². The van der Waals surface area contributed by atoms with Crippen LogP contribution < -0.4 is 10.6 Å². The van der Waals surface area contributed by atoms with E-state index < -0.39 is 9.84 Å². The molecule has 1 aromatic carbocycles. The van der Waals surface area contributed by atoms with Crippen LogP contribution in [0.15, 0.2) is 24.3 Å². The van der Waals surface area contributed by atoms with Crippen LogP contribution in [0.1, 0.15) is 31.4 Å². The summed E-state index contributed by atoms with van der Waals surface area (Å²) in [4.78, 5) is 2.16. The Labute approximate surface area is 115 Å². The van der Waals surface area contributed by atoms with Gasteiger partial charge in [-0.05, 0) is 24.5 Å². The molecular weight excluding hydrogens is 260 g/mol. The van der Waals surface area contributed by atoms with Gasteiger partial charge in [-0.1, -0.05) is 25.1 Å². The van der Waals surface area contributed by atoms with Gasteiger partial charge in [-0.25, -0.2) is 8.42 Å². The van der Waals surface area contributed by atoms with Crippen molar-refractivity contribution in [2.75, 3.05) is 29.5 Å². The van der Waals surface area contributed by atoms with Gasteiger partial charge in [0.1, 0.15) is 0 Å². The van der Waals surface area contributed by atoms with E-state index in [4.69, 9.17) is 5.73 Å². The first kappa shape index (κ1) is 14.3. The molecule has 2 N–H and O–H groups in total. The number of para-hydroxylation sites is 1. The molecule has 0 spiro atoms. The SMILES string of the molecule is CC[C@@H](N)c1ccccc1N1CCCS(=O)(=O)CC1. The van der Waals surface area contributed by atoms with Gasteiger partial charge in [-0.15, -0.1) is 0 Å². The van der Waals surface area contributed by atoms with Gasteiger partial charge in [0.15, 0.2) is 9.84 Å². The topological polar surface area (TPSA) is 63.4 Å². The minimum absolute atomic E-state index is 0.0102. The fourth-order valence-corrected chi connectivity index (χ4v) is 3.76. The quantitative estimate of drug-likeness (QED) is 0.917. The molecule has 1 heterocycles. The first-order valence-electron chi connectivity index (χ1n) is 6.83. The normalized spacial score (nSPS) is 20.8. The van der Waals surface area contributed by atoms with Crippen LogP contribution >= 0.6 is 0 Å². The van der Waals surface area contributed by atoms with Crippen LogP contribution in [0.2, 0.25) is 0 Å². The first-order chi connectivity index (χ1) is 9.03. The summed E-state index contributed by atoms with van der Waals surface area (Å²) in [6, 6.07) is 8.07. The van der Waals surface area contributed by atoms with Crippen molar-refractivity contribution in [2.45, 2.75) is 25.8 Å². The lowest BCUT2D eigenvalue weighted by atomic mass is 10.0. The zero-order valence-electron chi connectivity index (χ0n) is 11.4. The van der Waals surface area contributed by atoms with Crippen LogP contribution in [-0.4, -0.2) is 33.0 Å². The maximum atomic E-state index is 11.7. The zero-order valence-corrected chi connectivity index (χ0v) is 12.2. The Bertz CT molecular complexity index is 528. The third-order valence-corrected chi connectivity index (χ3v) is 5.39. The van der Waals surface area contributed by atoms with Gasteiger partial charge in [-0.3, -0.25) is 0 Å². The zero-order chi connectivity index (χ0) is 13.9. The molecule has 1 aromatic rings. The van der Waals surface area contributed by atoms with E-state index in [9.17, 15) is 8.42 Å². The number of anilines is 1. The molecule has 0 aliphatic carbocycles. The van der Waals surface area contributed by atoms with Gasteiger partial charge in [0.2, 0.25) is 0 Å². The summed E-state index contributed by atoms with van der Waals surface area (Å²) in [5.74, 6) is 0.536. The highest BCUT2D eigenvalue weighted by molar-refractivity contribution is 7.91. The van der Waals surface area contributed by atoms with Gasteiger partial charge in [-0.2, -0.15) is 0 Å². The predicted molar refractivity (Wildman–Crippen MR) is 79.1 cm³/mol. The van der Waals surface area contributed by atoms with Crippen molar-refractivity contribution in [1.82, 2.24) is 0 Å². The molecule has 0 saturated carbocycles. The van der Waals surface area contributed by atoms with Crippen LogP contribution in [0.25, 0.3) is 0 Å². The molecule has 2 rings (SSSR count). The van der Waals surface area contributed by atoms with Gasteiger partial charge in [0.05, 0.1) is 11.5 Å². The van der Waals surface area contributed by atoms with Crippen molar-refractivity contribution in [3.8, 4) is 0 Å². The molecular formula is C14H22N2O2S. The molecule has 1 saturated heterocycles. The molecule has 1 fully saturated rings. The maximum absolute atomic E-state index is 11.7. The lowest BCUT2D eigenvalue weighted by molar-refractivity contribution is 0.597. The number of nitrogens with two attached hydrogens (primary N) is 1. The molecule has 4 nitrogen and oxygen atoms in total. The van der Waals surface area contributed by atoms with Gasteiger partial charge >= 0.3 is 0 Å². The minimum atomic E-state index is -2.87. The molecule has 0 amide bonds. The molecule has 0 radical (unpaired) electrons. The maximum Gasteiger partial charge on any atom is 0.152 e. The Morgan fingerprint density at radius 2 is 2.00 bits per heavy atom. The molecule has 106 valence electrons. The Morgan fingerprint density at radius 1 is 1.26 bits per heavy atom. The van der Waals surface area contributed by atoms with E-state index in [1.165, 1.54) is 0 Å². The van der Waals surface area contributed by atoms with Crippen molar-refractivity contribution in [2.24, 2.45) is 5.73 Å². The second kappa shape index (κ2) is 5.92. The monoisotopic (exact) mass is 282 g/mol. The third kappa shape index (κ3) is 3.48. The highest BCUT2D eigenvalue weighted by Crippen LogP contribution is 2.27. The fraction of sp³-hybridized carbons (Fsp3) is 0.571. The summed E-state index contributed by atoms with van der Waals surface area (Å²) in [5.41, 5.74) is 8.36. The van der Waals surface area contributed by atoms with Crippen molar-refractivity contribution in [3.05, 3.63) is 29.8 Å². The van der Waals surface area contributed by atoms with Crippen LogP contribution in [0.3, 0.4) is 0 Å². The third-order valence-electron chi connectivity index (χ3n) is 3.67. The molecule has 19 heavy (non-hydrogen) atoms. The molecule has 0 aromatic heterocycles. The predicted octanol–water partition coefficient (Wildman–Crippen LogP) is 1.72. The van der Waals surface area contributed by atoms with Gasteiger partial charge in [0.25, 0.3) is 0 Å². The van der Waals surface area contributed by atoms with Crippen molar-refractivity contribution in [1.29, 1.82) is 0 Å². The Hall–Kier alpha value is -1.07. The van der Waals surface area contributed by atoms with E-state index >= 15 is 0 Å². The van der Waals surface area contributed by atoms with Crippen molar-refractivity contribution >= 4 is 15.5 Å². The van der Waals surface area contributed by atoms with Crippen LogP contribution in [0.4, 0.5) is 5.69 Å². The lowest BCUT2D eigenvalue weighted by Crippen LogP contribution is -2.28. The summed E-state index contributed by atoms with van der Waals surface area (Å²) in [6.45, 7) is 3.41. The second-order valence-corrected chi connectivity index (χ2v) is 7.37. The number of sulfone groups is 1. The Balaban J connectivity index is 2.26. The second-order valence-electron chi connectivity index (χ2n) is 5.07. The van der Waals surface area contributed by atoms with Crippen LogP contribution in [-0.2, 0) is 9.84 Å². The number of rotatable bonds is 3. The van der Waals surface area contributed by atoms with E-state index in [0.29, 0.717) is 18.7 Å². The minimum Gasteiger partial charge on any atom is -0.370 e. The summed E-state index contributed by atoms with van der Waals surface area (Å²) in [6.07, 6.45) is 1.57. The standard InChI is InChI=1S/C14H22N2O2S/c1-2-13(15)12-6-3-4-7-14(12)16-8-5-10-19(17,18)11-9-16/h3-4,6-7,13H,2,5,8-11,15H2,1H3/t13-/m1/s1. The van der Waals surface area contributed by atoms with Crippen LogP contribution in [0, 0.1) is 0 Å². The lowest BCUT2D eigenvalue weighted by Gasteiger charge is -2.26. The highest BCUT2D eigenvalue weighted by atomic mass is 32.2. The van der Waals surface area contributed by atoms with E-state index in [1.807, 2.05) is 24.3 Å². The number of hydrogen-bond donors (Lipinski definition) is 1. The summed E-state index contributed by atoms with van der Waals surface area (Å²) in [5, 5.41) is 0. The molecule has 5 heteroatoms. The van der Waals surface area contributed by atoms with E-state index in [-0.39, 0.29) is 11.8 Å². The summed E-state index contributed by atoms with van der Waals surface area (Å²) >= 11 is 0. The summed E-state index contributed by atoms with van der Waals surface area (Å²) in [7, 11) is -2.87. The average molecular weight is 282 g/mol. The molecule has 0 unspecified atom stereocenters. The van der Waals surface area contributed by atoms with Gasteiger partial charge in [0, 0.05) is 24.8 Å². The number of nitrogens with zero attached hydrogens (tertiary/aromatic N) is 1. The molecule has 1 aliphatic heterocycles. The van der Waals surface area contributed by atoms with E-state index in [0.717, 1.165) is 24.2 Å². The number of benzene rings is 1. The molecule has 0 bridgehead atoms. The van der Waals surface area contributed by atoms with Gasteiger partial charge < -0.3 is 10.6 Å². The van der Waals surface area contributed by atoms with E-state index in [2.05, 4.69) is 11.8 Å². The highest BCUT2D eigenvalue weighted by Gasteiger charge is 2.21. The Morgan fingerprint density at radius 3 is 2.74 bits per heavy atom. The fourth-order valence-electron chi connectivity index (χ4n) is 2.49. The molecule has 1 atom stereocenters. The Kier molecular flexibility index (Phi) is 4.47. The van der Waals surface area contributed by atoms with Crippen molar-refractivity contribution < 1.29 is 8.42 Å². The molecule has 1 aliphatic rings. The number of hydrogen-bond acceptors (Lipinski definition) is 4. The first-order valence-corrected chi connectivity index (χ1v) is 8.65. The average Bonchev–Trinajstić information content (AvgIpc) is 2.59. The summed E-state index contributed by atoms with van der Waals surface area (Å²) < 4.78 is 23.3. The smallest absolute Gasteiger partial charge is 0.152 e. The van der Waals surface area contributed by atoms with E-state index in [1.54, 1.807) is 0 Å². The van der Waals surface area contributed by atoms with Crippen LogP contribution in [0.5, 0.6) is 0 Å².